The van der Waals surface area contributed by atoms with Crippen molar-refractivity contribution >= 4 is 11.8 Å². The van der Waals surface area contributed by atoms with Crippen LogP contribution in [-0.2, 0) is 11.3 Å². The molecule has 132 valence electrons. The van der Waals surface area contributed by atoms with E-state index in [9.17, 15) is 19.1 Å². The number of carbonyl (C=O) groups is 2. The third-order valence-corrected chi connectivity index (χ3v) is 3.80. The Bertz CT molecular complexity index is 729. The zero-order valence-corrected chi connectivity index (χ0v) is 14.1. The van der Waals surface area contributed by atoms with Gasteiger partial charge in [0.15, 0.2) is 0 Å². The molecule has 0 aromatic heterocycles. The van der Waals surface area contributed by atoms with Crippen LogP contribution in [0.15, 0.2) is 48.5 Å². The number of aliphatic hydroxyl groups excluding tert-OH is 1. The molecule has 0 saturated heterocycles. The second kappa shape index (κ2) is 8.39. The lowest BCUT2D eigenvalue weighted by molar-refractivity contribution is -0.119. The molecular formula is C19H21FN2O3. The minimum Gasteiger partial charge on any atom is -0.386 e. The highest BCUT2D eigenvalue weighted by Gasteiger charge is 2.19. The Morgan fingerprint density at radius 3 is 2.24 bits per heavy atom. The quantitative estimate of drug-likeness (QED) is 0.752. The van der Waals surface area contributed by atoms with E-state index in [4.69, 9.17) is 0 Å². The molecule has 0 saturated carbocycles. The number of halogens is 1. The maximum absolute atomic E-state index is 12.9. The van der Waals surface area contributed by atoms with Crippen LogP contribution in [0.4, 0.5) is 4.39 Å². The first-order valence-electron chi connectivity index (χ1n) is 7.94. The van der Waals surface area contributed by atoms with Gasteiger partial charge in [-0.1, -0.05) is 24.3 Å². The van der Waals surface area contributed by atoms with Gasteiger partial charge in [-0.3, -0.25) is 9.59 Å². The Morgan fingerprint density at radius 2 is 1.68 bits per heavy atom. The number of amides is 2. The van der Waals surface area contributed by atoms with E-state index < -0.39 is 12.1 Å². The number of rotatable bonds is 6. The Balaban J connectivity index is 1.96. The zero-order valence-electron chi connectivity index (χ0n) is 14.1. The third kappa shape index (κ3) is 5.39. The smallest absolute Gasteiger partial charge is 0.251 e. The van der Waals surface area contributed by atoms with Crippen LogP contribution in [0.2, 0.25) is 0 Å². The normalized spacial score (nSPS) is 13.0. The summed E-state index contributed by atoms with van der Waals surface area (Å²) in [6.45, 7) is 3.52. The molecule has 0 heterocycles. The van der Waals surface area contributed by atoms with E-state index >= 15 is 0 Å². The van der Waals surface area contributed by atoms with Crippen molar-refractivity contribution < 1.29 is 19.1 Å². The average Bonchev–Trinajstić information content (AvgIpc) is 2.60. The van der Waals surface area contributed by atoms with Gasteiger partial charge in [0.1, 0.15) is 5.82 Å². The van der Waals surface area contributed by atoms with Gasteiger partial charge in [0.25, 0.3) is 5.91 Å². The molecule has 5 nitrogen and oxygen atoms in total. The van der Waals surface area contributed by atoms with Crippen LogP contribution < -0.4 is 10.6 Å². The third-order valence-electron chi connectivity index (χ3n) is 3.80. The molecule has 6 heteroatoms. The number of hydrogen-bond acceptors (Lipinski definition) is 3. The van der Waals surface area contributed by atoms with Crippen molar-refractivity contribution in [1.82, 2.24) is 10.6 Å². The average molecular weight is 344 g/mol. The Hall–Kier alpha value is -2.73. The first-order chi connectivity index (χ1) is 11.9. The van der Waals surface area contributed by atoms with Crippen LogP contribution in [0.5, 0.6) is 0 Å². The molecule has 0 fully saturated rings. The molecule has 2 aromatic rings. The molecule has 25 heavy (non-hydrogen) atoms. The van der Waals surface area contributed by atoms with E-state index in [-0.39, 0.29) is 17.6 Å². The van der Waals surface area contributed by atoms with Crippen molar-refractivity contribution in [2.75, 3.05) is 0 Å². The van der Waals surface area contributed by atoms with E-state index in [1.807, 2.05) is 0 Å². The summed E-state index contributed by atoms with van der Waals surface area (Å²) in [5.41, 5.74) is 1.86. The SMILES string of the molecule is CC(=O)NCc1ccc(C(=O)NC(C)C(O)c2ccc(F)cc2)cc1. The van der Waals surface area contributed by atoms with Crippen LogP contribution in [0.25, 0.3) is 0 Å². The lowest BCUT2D eigenvalue weighted by Crippen LogP contribution is -2.37. The number of aliphatic hydroxyl groups is 1. The molecular weight excluding hydrogens is 323 g/mol. The van der Waals surface area contributed by atoms with Gasteiger partial charge < -0.3 is 15.7 Å². The number of hydrogen-bond donors (Lipinski definition) is 3. The second-order valence-corrected chi connectivity index (χ2v) is 5.87. The van der Waals surface area contributed by atoms with E-state index in [0.29, 0.717) is 17.7 Å². The van der Waals surface area contributed by atoms with Crippen molar-refractivity contribution in [1.29, 1.82) is 0 Å². The molecule has 2 atom stereocenters. The lowest BCUT2D eigenvalue weighted by Gasteiger charge is -2.20. The topological polar surface area (TPSA) is 78.4 Å². The van der Waals surface area contributed by atoms with E-state index in [1.165, 1.54) is 31.2 Å². The summed E-state index contributed by atoms with van der Waals surface area (Å²) in [5.74, 6) is -0.822. The summed E-state index contributed by atoms with van der Waals surface area (Å²) in [6, 6.07) is 11.8. The largest absolute Gasteiger partial charge is 0.386 e. The van der Waals surface area contributed by atoms with Gasteiger partial charge in [0.05, 0.1) is 12.1 Å². The Kier molecular flexibility index (Phi) is 6.25. The monoisotopic (exact) mass is 344 g/mol. The molecule has 0 spiro atoms. The minimum atomic E-state index is -0.941. The summed E-state index contributed by atoms with van der Waals surface area (Å²) in [5, 5.41) is 15.7. The minimum absolute atomic E-state index is 0.120. The van der Waals surface area contributed by atoms with Crippen LogP contribution in [0.1, 0.15) is 41.4 Å². The van der Waals surface area contributed by atoms with Gasteiger partial charge in [-0.25, -0.2) is 4.39 Å². The fourth-order valence-corrected chi connectivity index (χ4v) is 2.32. The van der Waals surface area contributed by atoms with Gasteiger partial charge >= 0.3 is 0 Å². The van der Waals surface area contributed by atoms with Gasteiger partial charge in [-0.2, -0.15) is 0 Å². The first-order valence-corrected chi connectivity index (χ1v) is 7.94. The molecule has 0 aliphatic rings. The van der Waals surface area contributed by atoms with Crippen molar-refractivity contribution in [3.05, 3.63) is 71.0 Å². The highest BCUT2D eigenvalue weighted by Crippen LogP contribution is 2.17. The van der Waals surface area contributed by atoms with E-state index in [1.54, 1.807) is 31.2 Å². The fraction of sp³-hybridized carbons (Fsp3) is 0.263. The zero-order chi connectivity index (χ0) is 18.4. The fourth-order valence-electron chi connectivity index (χ4n) is 2.32. The molecule has 2 unspecified atom stereocenters. The Labute approximate surface area is 145 Å². The van der Waals surface area contributed by atoms with Crippen molar-refractivity contribution in [2.45, 2.75) is 32.5 Å². The van der Waals surface area contributed by atoms with Gasteiger partial charge in [-0.05, 0) is 42.3 Å². The van der Waals surface area contributed by atoms with Gasteiger partial charge in [0, 0.05) is 19.0 Å². The Morgan fingerprint density at radius 1 is 1.08 bits per heavy atom. The van der Waals surface area contributed by atoms with Crippen LogP contribution in [0, 0.1) is 5.82 Å². The molecule has 0 aliphatic carbocycles. The highest BCUT2D eigenvalue weighted by molar-refractivity contribution is 5.94. The first kappa shape index (κ1) is 18.6. The number of benzene rings is 2. The molecule has 0 aliphatic heterocycles. The number of nitrogens with one attached hydrogen (secondary N) is 2. The summed E-state index contributed by atoms with van der Waals surface area (Å²) < 4.78 is 12.9. The van der Waals surface area contributed by atoms with Crippen LogP contribution in [0.3, 0.4) is 0 Å². The molecule has 3 N–H and O–H groups in total. The van der Waals surface area contributed by atoms with E-state index in [0.717, 1.165) is 5.56 Å². The summed E-state index contributed by atoms with van der Waals surface area (Å²) in [6.07, 6.45) is -0.941. The second-order valence-electron chi connectivity index (χ2n) is 5.87. The maximum atomic E-state index is 12.9. The number of carbonyl (C=O) groups excluding carboxylic acids is 2. The summed E-state index contributed by atoms with van der Waals surface area (Å²) in [4.78, 5) is 23.2. The summed E-state index contributed by atoms with van der Waals surface area (Å²) in [7, 11) is 0. The predicted molar refractivity (Wildman–Crippen MR) is 92.3 cm³/mol. The predicted octanol–water partition coefficient (Wildman–Crippen LogP) is 2.31. The van der Waals surface area contributed by atoms with Gasteiger partial charge in [0.2, 0.25) is 5.91 Å². The standard InChI is InChI=1S/C19H21FN2O3/c1-12(18(24)15-7-9-17(20)10-8-15)22-19(25)16-5-3-14(4-6-16)11-21-13(2)23/h3-10,12,18,24H,11H2,1-2H3,(H,21,23)(H,22,25). The molecule has 2 aromatic carbocycles. The van der Waals surface area contributed by atoms with Crippen LogP contribution in [-0.4, -0.2) is 23.0 Å². The van der Waals surface area contributed by atoms with Gasteiger partial charge in [-0.15, -0.1) is 0 Å². The molecule has 2 amide bonds. The van der Waals surface area contributed by atoms with Crippen molar-refractivity contribution in [3.8, 4) is 0 Å². The van der Waals surface area contributed by atoms with E-state index in [2.05, 4.69) is 10.6 Å². The van der Waals surface area contributed by atoms with Crippen molar-refractivity contribution in [2.24, 2.45) is 0 Å². The van der Waals surface area contributed by atoms with Crippen LogP contribution >= 0.6 is 0 Å². The molecule has 0 bridgehead atoms. The molecule has 0 radical (unpaired) electrons. The van der Waals surface area contributed by atoms with Crippen molar-refractivity contribution in [3.63, 3.8) is 0 Å². The summed E-state index contributed by atoms with van der Waals surface area (Å²) >= 11 is 0. The highest BCUT2D eigenvalue weighted by atomic mass is 19.1. The lowest BCUT2D eigenvalue weighted by atomic mass is 10.0. The molecule has 2 rings (SSSR count). The maximum Gasteiger partial charge on any atom is 0.251 e.